The first-order valence-corrected chi connectivity index (χ1v) is 5.95. The highest BCUT2D eigenvalue weighted by Gasteiger charge is 1.82. The molecule has 0 spiro atoms. The molecule has 0 aliphatic carbocycles. The molecule has 0 aromatic carbocycles. The van der Waals surface area contributed by atoms with E-state index >= 15 is 0 Å². The third-order valence-corrected chi connectivity index (χ3v) is 2.10. The zero-order valence-electron chi connectivity index (χ0n) is 9.71. The summed E-state index contributed by atoms with van der Waals surface area (Å²) in [6.07, 6.45) is 13.6. The van der Waals surface area contributed by atoms with Crippen LogP contribution >= 0.6 is 0 Å². The first kappa shape index (κ1) is 13.3. The second kappa shape index (κ2) is 12.3. The summed E-state index contributed by atoms with van der Waals surface area (Å²) in [6.45, 7) is 4.42. The van der Waals surface area contributed by atoms with E-state index in [1.54, 1.807) is 0 Å². The summed E-state index contributed by atoms with van der Waals surface area (Å²) < 4.78 is 0. The van der Waals surface area contributed by atoms with Crippen molar-refractivity contribution < 1.29 is 0 Å². The van der Waals surface area contributed by atoms with E-state index in [2.05, 4.69) is 24.1 Å². The van der Waals surface area contributed by atoms with Gasteiger partial charge in [0.15, 0.2) is 0 Å². The van der Waals surface area contributed by atoms with Gasteiger partial charge in [-0.1, -0.05) is 39.5 Å². The molecule has 0 rings (SSSR count). The molecule has 0 heterocycles. The van der Waals surface area contributed by atoms with E-state index in [0.29, 0.717) is 0 Å². The SMILES string of the molecule is CCCCC/C=N/N=C/CCCCC. The standard InChI is InChI=1S/C12H24N2/c1-3-5-7-9-11-13-14-12-10-8-6-4-2/h11-12H,3-10H2,1-2H3/b13-11+,14-12+. The number of nitrogens with zero attached hydrogens (tertiary/aromatic N) is 2. The Hall–Kier alpha value is -0.660. The van der Waals surface area contributed by atoms with Crippen LogP contribution in [0.15, 0.2) is 10.2 Å². The zero-order chi connectivity index (χ0) is 10.5. The molecule has 14 heavy (non-hydrogen) atoms. The quantitative estimate of drug-likeness (QED) is 0.300. The normalized spacial score (nSPS) is 11.9. The Morgan fingerprint density at radius 2 is 1.14 bits per heavy atom. The number of hydrogen-bond donors (Lipinski definition) is 0. The van der Waals surface area contributed by atoms with Crippen LogP contribution in [0, 0.1) is 0 Å². The second-order valence-electron chi connectivity index (χ2n) is 3.59. The van der Waals surface area contributed by atoms with E-state index in [-0.39, 0.29) is 0 Å². The second-order valence-corrected chi connectivity index (χ2v) is 3.59. The van der Waals surface area contributed by atoms with Gasteiger partial charge in [0.25, 0.3) is 0 Å². The van der Waals surface area contributed by atoms with Crippen LogP contribution < -0.4 is 0 Å². The van der Waals surface area contributed by atoms with Crippen molar-refractivity contribution >= 4 is 12.4 Å². The Morgan fingerprint density at radius 3 is 1.50 bits per heavy atom. The molecule has 0 fully saturated rings. The van der Waals surface area contributed by atoms with Crippen molar-refractivity contribution in [1.29, 1.82) is 0 Å². The lowest BCUT2D eigenvalue weighted by atomic mass is 10.2. The van der Waals surface area contributed by atoms with Gasteiger partial charge in [-0.3, -0.25) is 0 Å². The van der Waals surface area contributed by atoms with Crippen LogP contribution in [0.3, 0.4) is 0 Å². The van der Waals surface area contributed by atoms with Gasteiger partial charge in [0, 0.05) is 12.4 Å². The lowest BCUT2D eigenvalue weighted by Crippen LogP contribution is -1.78. The minimum absolute atomic E-state index is 1.07. The van der Waals surface area contributed by atoms with E-state index in [0.717, 1.165) is 12.8 Å². The van der Waals surface area contributed by atoms with Gasteiger partial charge in [0.2, 0.25) is 0 Å². The number of rotatable bonds is 9. The Bertz CT molecular complexity index is 132. The predicted molar refractivity (Wildman–Crippen MR) is 65.3 cm³/mol. The first-order valence-electron chi connectivity index (χ1n) is 5.95. The smallest absolute Gasteiger partial charge is 0.0270 e. The molecule has 0 aromatic heterocycles. The molecule has 0 aliphatic rings. The van der Waals surface area contributed by atoms with Crippen LogP contribution in [0.2, 0.25) is 0 Å². The zero-order valence-corrected chi connectivity index (χ0v) is 9.71. The van der Waals surface area contributed by atoms with Gasteiger partial charge in [-0.05, 0) is 25.7 Å². The van der Waals surface area contributed by atoms with Gasteiger partial charge < -0.3 is 0 Å². The van der Waals surface area contributed by atoms with Crippen molar-refractivity contribution in [2.75, 3.05) is 0 Å². The van der Waals surface area contributed by atoms with E-state index < -0.39 is 0 Å². The summed E-state index contributed by atoms with van der Waals surface area (Å²) in [4.78, 5) is 0. The van der Waals surface area contributed by atoms with Gasteiger partial charge in [-0.2, -0.15) is 10.2 Å². The highest BCUT2D eigenvalue weighted by molar-refractivity contribution is 5.61. The Balaban J connectivity index is 3.15. The fourth-order valence-corrected chi connectivity index (χ4v) is 1.18. The number of unbranched alkanes of at least 4 members (excludes halogenated alkanes) is 6. The van der Waals surface area contributed by atoms with Gasteiger partial charge in [0.05, 0.1) is 0 Å². The van der Waals surface area contributed by atoms with E-state index in [1.165, 1.54) is 38.5 Å². The summed E-state index contributed by atoms with van der Waals surface area (Å²) >= 11 is 0. The van der Waals surface area contributed by atoms with Crippen molar-refractivity contribution in [2.45, 2.75) is 65.2 Å². The third kappa shape index (κ3) is 11.3. The fourth-order valence-electron chi connectivity index (χ4n) is 1.18. The minimum Gasteiger partial charge on any atom is -0.164 e. The molecule has 0 N–H and O–H groups in total. The molecule has 0 saturated carbocycles. The lowest BCUT2D eigenvalue weighted by molar-refractivity contribution is 0.743. The summed E-state index contributed by atoms with van der Waals surface area (Å²) in [7, 11) is 0. The van der Waals surface area contributed by atoms with Crippen LogP contribution in [0.5, 0.6) is 0 Å². The van der Waals surface area contributed by atoms with E-state index in [9.17, 15) is 0 Å². The fraction of sp³-hybridized carbons (Fsp3) is 0.833. The summed E-state index contributed by atoms with van der Waals surface area (Å²) in [5, 5.41) is 7.97. The molecule has 0 amide bonds. The highest BCUT2D eigenvalue weighted by Crippen LogP contribution is 1.97. The molecule has 0 radical (unpaired) electrons. The summed E-state index contributed by atoms with van der Waals surface area (Å²) in [6, 6.07) is 0. The molecule has 0 saturated heterocycles. The van der Waals surface area contributed by atoms with Gasteiger partial charge >= 0.3 is 0 Å². The van der Waals surface area contributed by atoms with Gasteiger partial charge in [0.1, 0.15) is 0 Å². The summed E-state index contributed by atoms with van der Waals surface area (Å²) in [5.41, 5.74) is 0. The van der Waals surface area contributed by atoms with Crippen molar-refractivity contribution in [3.8, 4) is 0 Å². The molecule has 2 nitrogen and oxygen atoms in total. The first-order chi connectivity index (χ1) is 6.91. The van der Waals surface area contributed by atoms with Gasteiger partial charge in [-0.25, -0.2) is 0 Å². The molecule has 0 atom stereocenters. The maximum Gasteiger partial charge on any atom is 0.0270 e. The molecule has 82 valence electrons. The Labute approximate surface area is 88.5 Å². The number of hydrogen-bond acceptors (Lipinski definition) is 2. The van der Waals surface area contributed by atoms with Crippen LogP contribution in [-0.2, 0) is 0 Å². The molecule has 0 unspecified atom stereocenters. The third-order valence-electron chi connectivity index (χ3n) is 2.10. The van der Waals surface area contributed by atoms with Crippen LogP contribution in [-0.4, -0.2) is 12.4 Å². The van der Waals surface area contributed by atoms with Crippen LogP contribution in [0.1, 0.15) is 65.2 Å². The molecular weight excluding hydrogens is 172 g/mol. The monoisotopic (exact) mass is 196 g/mol. The van der Waals surface area contributed by atoms with Crippen molar-refractivity contribution in [2.24, 2.45) is 10.2 Å². The largest absolute Gasteiger partial charge is 0.164 e. The molecular formula is C12H24N2. The van der Waals surface area contributed by atoms with Crippen molar-refractivity contribution in [1.82, 2.24) is 0 Å². The van der Waals surface area contributed by atoms with E-state index in [4.69, 9.17) is 0 Å². The molecule has 0 aromatic rings. The lowest BCUT2D eigenvalue weighted by Gasteiger charge is -1.90. The molecule has 0 bridgehead atoms. The average Bonchev–Trinajstić information content (AvgIpc) is 2.21. The van der Waals surface area contributed by atoms with E-state index in [1.807, 2.05) is 12.4 Å². The topological polar surface area (TPSA) is 24.7 Å². The molecule has 0 aliphatic heterocycles. The summed E-state index contributed by atoms with van der Waals surface area (Å²) in [5.74, 6) is 0. The highest BCUT2D eigenvalue weighted by atomic mass is 15.2. The van der Waals surface area contributed by atoms with Crippen LogP contribution in [0.4, 0.5) is 0 Å². The Kier molecular flexibility index (Phi) is 11.8. The van der Waals surface area contributed by atoms with Crippen LogP contribution in [0.25, 0.3) is 0 Å². The Morgan fingerprint density at radius 1 is 0.714 bits per heavy atom. The van der Waals surface area contributed by atoms with Crippen molar-refractivity contribution in [3.63, 3.8) is 0 Å². The van der Waals surface area contributed by atoms with Gasteiger partial charge in [-0.15, -0.1) is 0 Å². The minimum atomic E-state index is 1.07. The predicted octanol–water partition coefficient (Wildman–Crippen LogP) is 4.20. The maximum absolute atomic E-state index is 3.99. The average molecular weight is 196 g/mol. The van der Waals surface area contributed by atoms with Crippen molar-refractivity contribution in [3.05, 3.63) is 0 Å². The maximum atomic E-state index is 3.99. The molecule has 2 heteroatoms.